The van der Waals surface area contributed by atoms with Gasteiger partial charge in [0.1, 0.15) is 0 Å². The van der Waals surface area contributed by atoms with Gasteiger partial charge in [0.2, 0.25) is 0 Å². The molecule has 1 aliphatic carbocycles. The molecule has 1 aromatic heterocycles. The summed E-state index contributed by atoms with van der Waals surface area (Å²) in [6.07, 6.45) is 5.21. The third kappa shape index (κ3) is 3.97. The van der Waals surface area contributed by atoms with E-state index in [9.17, 15) is 0 Å². The van der Waals surface area contributed by atoms with Crippen molar-refractivity contribution in [3.63, 3.8) is 0 Å². The Balaban J connectivity index is 1.71. The first kappa shape index (κ1) is 13.4. The lowest BCUT2D eigenvalue weighted by Gasteiger charge is -2.33. The first-order valence-corrected chi connectivity index (χ1v) is 7.82. The highest BCUT2D eigenvalue weighted by molar-refractivity contribution is 7.16. The summed E-state index contributed by atoms with van der Waals surface area (Å²) < 4.78 is 0.903. The van der Waals surface area contributed by atoms with E-state index in [1.54, 1.807) is 11.3 Å². The van der Waals surface area contributed by atoms with Crippen LogP contribution in [0.5, 0.6) is 0 Å². The number of hydrogen-bond donors (Lipinski definition) is 1. The molecule has 96 valence electrons. The van der Waals surface area contributed by atoms with Crippen molar-refractivity contribution in [2.75, 3.05) is 6.54 Å². The van der Waals surface area contributed by atoms with Crippen molar-refractivity contribution >= 4 is 22.9 Å². The zero-order valence-electron chi connectivity index (χ0n) is 10.7. The maximum absolute atomic E-state index is 5.93. The average Bonchev–Trinajstić information content (AvgIpc) is 2.68. The fraction of sp³-hybridized carbons (Fsp3) is 0.714. The monoisotopic (exact) mass is 271 g/mol. The molecule has 3 heteroatoms. The van der Waals surface area contributed by atoms with Gasteiger partial charge < -0.3 is 5.32 Å². The zero-order valence-corrected chi connectivity index (χ0v) is 12.3. The summed E-state index contributed by atoms with van der Waals surface area (Å²) in [5.41, 5.74) is 0. The molecule has 0 saturated heterocycles. The summed E-state index contributed by atoms with van der Waals surface area (Å²) in [6, 6.07) is 4.86. The lowest BCUT2D eigenvalue weighted by Crippen LogP contribution is -2.39. The maximum Gasteiger partial charge on any atom is 0.0931 e. The summed E-state index contributed by atoms with van der Waals surface area (Å²) in [7, 11) is 0. The summed E-state index contributed by atoms with van der Waals surface area (Å²) in [5, 5.41) is 3.71. The van der Waals surface area contributed by atoms with Gasteiger partial charge in [-0.15, -0.1) is 11.3 Å². The lowest BCUT2D eigenvalue weighted by molar-refractivity contribution is 0.229. The second-order valence-electron chi connectivity index (χ2n) is 5.41. The van der Waals surface area contributed by atoms with Crippen LogP contribution in [-0.4, -0.2) is 12.6 Å². The minimum Gasteiger partial charge on any atom is -0.313 e. The van der Waals surface area contributed by atoms with Gasteiger partial charge in [-0.3, -0.25) is 0 Å². The summed E-state index contributed by atoms with van der Waals surface area (Å²) >= 11 is 7.63. The van der Waals surface area contributed by atoms with Crippen LogP contribution in [-0.2, 0) is 6.42 Å². The standard InChI is InChI=1S/C14H22ClNS/c1-10-3-5-13(11(2)9-10)16-8-7-12-4-6-14(15)17-12/h4,6,10-11,13,16H,3,5,7-9H2,1-2H3. The molecule has 1 N–H and O–H groups in total. The minimum atomic E-state index is 0.724. The fourth-order valence-electron chi connectivity index (χ4n) is 2.84. The van der Waals surface area contributed by atoms with Gasteiger partial charge in [-0.05, 0) is 49.7 Å². The quantitative estimate of drug-likeness (QED) is 0.858. The topological polar surface area (TPSA) is 12.0 Å². The predicted molar refractivity (Wildman–Crippen MR) is 77.0 cm³/mol. The van der Waals surface area contributed by atoms with Gasteiger partial charge in [-0.1, -0.05) is 25.4 Å². The van der Waals surface area contributed by atoms with Crippen LogP contribution in [0.3, 0.4) is 0 Å². The molecule has 1 heterocycles. The van der Waals surface area contributed by atoms with Crippen molar-refractivity contribution in [3.8, 4) is 0 Å². The Kier molecular flexibility index (Phi) is 4.89. The first-order chi connectivity index (χ1) is 8.15. The van der Waals surface area contributed by atoms with E-state index in [4.69, 9.17) is 11.6 Å². The summed E-state index contributed by atoms with van der Waals surface area (Å²) in [6.45, 7) is 5.84. The van der Waals surface area contributed by atoms with Crippen molar-refractivity contribution in [1.29, 1.82) is 0 Å². The molecule has 0 spiro atoms. The predicted octanol–water partition coefficient (Wildman–Crippen LogP) is 4.36. The van der Waals surface area contributed by atoms with Crippen LogP contribution >= 0.6 is 22.9 Å². The normalized spacial score (nSPS) is 29.5. The first-order valence-electron chi connectivity index (χ1n) is 6.62. The van der Waals surface area contributed by atoms with Gasteiger partial charge in [-0.2, -0.15) is 0 Å². The third-order valence-electron chi connectivity index (χ3n) is 3.84. The molecule has 1 nitrogen and oxygen atoms in total. The van der Waals surface area contributed by atoms with E-state index in [1.165, 1.54) is 24.1 Å². The molecule has 1 aromatic rings. The highest BCUT2D eigenvalue weighted by atomic mass is 35.5. The molecule has 3 atom stereocenters. The number of rotatable bonds is 4. The molecule has 0 amide bonds. The largest absolute Gasteiger partial charge is 0.313 e. The van der Waals surface area contributed by atoms with Crippen molar-refractivity contribution < 1.29 is 0 Å². The number of hydrogen-bond acceptors (Lipinski definition) is 2. The van der Waals surface area contributed by atoms with E-state index >= 15 is 0 Å². The molecular formula is C14H22ClNS. The average molecular weight is 272 g/mol. The van der Waals surface area contributed by atoms with E-state index in [2.05, 4.69) is 25.2 Å². The molecule has 0 bridgehead atoms. The van der Waals surface area contributed by atoms with Crippen molar-refractivity contribution in [2.45, 2.75) is 45.6 Å². The number of thiophene rings is 1. The van der Waals surface area contributed by atoms with Gasteiger partial charge in [-0.25, -0.2) is 0 Å². The molecule has 0 aromatic carbocycles. The van der Waals surface area contributed by atoms with E-state index in [1.807, 2.05) is 6.07 Å². The van der Waals surface area contributed by atoms with Gasteiger partial charge in [0.05, 0.1) is 4.34 Å². The van der Waals surface area contributed by atoms with Crippen LogP contribution in [0.4, 0.5) is 0 Å². The van der Waals surface area contributed by atoms with E-state index in [-0.39, 0.29) is 0 Å². The van der Waals surface area contributed by atoms with E-state index in [0.29, 0.717) is 0 Å². The Morgan fingerprint density at radius 3 is 2.82 bits per heavy atom. The third-order valence-corrected chi connectivity index (χ3v) is 5.13. The van der Waals surface area contributed by atoms with Gasteiger partial charge in [0, 0.05) is 17.5 Å². The van der Waals surface area contributed by atoms with Crippen LogP contribution in [0.15, 0.2) is 12.1 Å². The van der Waals surface area contributed by atoms with Crippen LogP contribution < -0.4 is 5.32 Å². The van der Waals surface area contributed by atoms with Crippen molar-refractivity contribution in [1.82, 2.24) is 5.32 Å². The molecule has 1 saturated carbocycles. The summed E-state index contributed by atoms with van der Waals surface area (Å²) in [5.74, 6) is 1.74. The Labute approximate surface area is 114 Å². The highest BCUT2D eigenvalue weighted by Gasteiger charge is 2.24. The number of nitrogens with one attached hydrogen (secondary N) is 1. The number of halogens is 1. The smallest absolute Gasteiger partial charge is 0.0931 e. The second kappa shape index (κ2) is 6.21. The van der Waals surface area contributed by atoms with Crippen LogP contribution in [0, 0.1) is 11.8 Å². The Hall–Kier alpha value is -0.0500. The van der Waals surface area contributed by atoms with Gasteiger partial charge in [0.25, 0.3) is 0 Å². The van der Waals surface area contributed by atoms with Crippen LogP contribution in [0.25, 0.3) is 0 Å². The lowest BCUT2D eigenvalue weighted by atomic mass is 9.80. The SMILES string of the molecule is CC1CCC(NCCc2ccc(Cl)s2)C(C)C1. The zero-order chi connectivity index (χ0) is 12.3. The molecular weight excluding hydrogens is 250 g/mol. The molecule has 0 radical (unpaired) electrons. The highest BCUT2D eigenvalue weighted by Crippen LogP contribution is 2.28. The molecule has 17 heavy (non-hydrogen) atoms. The molecule has 2 rings (SSSR count). The van der Waals surface area contributed by atoms with Crippen molar-refractivity contribution in [2.24, 2.45) is 11.8 Å². The Bertz CT molecular complexity index is 350. The molecule has 3 unspecified atom stereocenters. The van der Waals surface area contributed by atoms with Crippen LogP contribution in [0.2, 0.25) is 4.34 Å². The Morgan fingerprint density at radius 2 is 2.18 bits per heavy atom. The maximum atomic E-state index is 5.93. The fourth-order valence-corrected chi connectivity index (χ4v) is 3.92. The minimum absolute atomic E-state index is 0.724. The molecule has 1 fully saturated rings. The second-order valence-corrected chi connectivity index (χ2v) is 7.21. The van der Waals surface area contributed by atoms with E-state index < -0.39 is 0 Å². The van der Waals surface area contributed by atoms with Crippen molar-refractivity contribution in [3.05, 3.63) is 21.3 Å². The van der Waals surface area contributed by atoms with Gasteiger partial charge in [0.15, 0.2) is 0 Å². The summed E-state index contributed by atoms with van der Waals surface area (Å²) in [4.78, 5) is 1.39. The van der Waals surface area contributed by atoms with E-state index in [0.717, 1.165) is 35.2 Å². The Morgan fingerprint density at radius 1 is 1.35 bits per heavy atom. The van der Waals surface area contributed by atoms with Crippen LogP contribution in [0.1, 0.15) is 38.0 Å². The molecule has 1 aliphatic rings. The van der Waals surface area contributed by atoms with Gasteiger partial charge >= 0.3 is 0 Å². The molecule has 0 aliphatic heterocycles.